The predicted octanol–water partition coefficient (Wildman–Crippen LogP) is 3.89. The van der Waals surface area contributed by atoms with E-state index in [4.69, 9.17) is 11.6 Å². The summed E-state index contributed by atoms with van der Waals surface area (Å²) >= 11 is 6.97. The Labute approximate surface area is 120 Å². The van der Waals surface area contributed by atoms with Gasteiger partial charge in [0, 0.05) is 4.88 Å². The minimum absolute atomic E-state index is 0.392. The average molecular weight is 324 g/mol. The van der Waals surface area contributed by atoms with Gasteiger partial charge in [-0.25, -0.2) is 0 Å². The SMILES string of the molecule is CC(C(=O)Nc1cn[nH]c1C(F)(F)F)c1ccc(Cl)s1. The van der Waals surface area contributed by atoms with Gasteiger partial charge >= 0.3 is 6.18 Å². The highest BCUT2D eigenvalue weighted by Crippen LogP contribution is 2.34. The number of thiophene rings is 1. The van der Waals surface area contributed by atoms with Gasteiger partial charge in [-0.2, -0.15) is 18.3 Å². The summed E-state index contributed by atoms with van der Waals surface area (Å²) in [4.78, 5) is 12.6. The number of carbonyl (C=O) groups excluding carboxylic acids is 1. The minimum Gasteiger partial charge on any atom is -0.322 e. The average Bonchev–Trinajstić information content (AvgIpc) is 2.96. The van der Waals surface area contributed by atoms with Gasteiger partial charge in [-0.15, -0.1) is 11.3 Å². The van der Waals surface area contributed by atoms with Crippen molar-refractivity contribution in [3.8, 4) is 0 Å². The van der Waals surface area contributed by atoms with Crippen LogP contribution in [0.15, 0.2) is 18.3 Å². The Balaban J connectivity index is 2.14. The van der Waals surface area contributed by atoms with E-state index in [9.17, 15) is 18.0 Å². The van der Waals surface area contributed by atoms with E-state index in [1.54, 1.807) is 19.1 Å². The Hall–Kier alpha value is -1.54. The van der Waals surface area contributed by atoms with Crippen LogP contribution >= 0.6 is 22.9 Å². The van der Waals surface area contributed by atoms with Crippen LogP contribution in [0.2, 0.25) is 4.34 Å². The molecule has 2 aromatic heterocycles. The number of halogens is 4. The highest BCUT2D eigenvalue weighted by Gasteiger charge is 2.36. The number of hydrogen-bond acceptors (Lipinski definition) is 3. The van der Waals surface area contributed by atoms with Crippen LogP contribution < -0.4 is 5.32 Å². The number of nitrogens with one attached hydrogen (secondary N) is 2. The summed E-state index contributed by atoms with van der Waals surface area (Å²) in [5.41, 5.74) is -1.47. The lowest BCUT2D eigenvalue weighted by molar-refractivity contribution is -0.140. The molecule has 108 valence electrons. The fourth-order valence-corrected chi connectivity index (χ4v) is 2.64. The van der Waals surface area contributed by atoms with Gasteiger partial charge in [0.15, 0.2) is 5.69 Å². The standard InChI is InChI=1S/C11H9ClF3N3OS/c1-5(7-2-3-8(12)20-7)10(19)17-6-4-16-18-9(6)11(13,14)15/h2-5H,1H3,(H,16,18)(H,17,19). The predicted molar refractivity (Wildman–Crippen MR) is 70.0 cm³/mol. The quantitative estimate of drug-likeness (QED) is 0.900. The summed E-state index contributed by atoms with van der Waals surface area (Å²) in [6.07, 6.45) is -3.68. The van der Waals surface area contributed by atoms with Gasteiger partial charge in [0.1, 0.15) is 0 Å². The molecule has 0 aromatic carbocycles. The zero-order chi connectivity index (χ0) is 14.9. The second-order valence-corrected chi connectivity index (χ2v) is 5.76. The molecule has 0 fully saturated rings. The van der Waals surface area contributed by atoms with Gasteiger partial charge in [0.05, 0.1) is 22.1 Å². The first-order valence-corrected chi connectivity index (χ1v) is 6.65. The van der Waals surface area contributed by atoms with Gasteiger partial charge in [0.2, 0.25) is 5.91 Å². The third-order valence-corrected chi connectivity index (χ3v) is 4.01. The Morgan fingerprint density at radius 1 is 1.50 bits per heavy atom. The van der Waals surface area contributed by atoms with Crippen LogP contribution in [-0.4, -0.2) is 16.1 Å². The molecule has 0 bridgehead atoms. The van der Waals surface area contributed by atoms with E-state index in [0.29, 0.717) is 9.21 Å². The molecular weight excluding hydrogens is 315 g/mol. The first-order valence-electron chi connectivity index (χ1n) is 5.45. The topological polar surface area (TPSA) is 57.8 Å². The Kier molecular flexibility index (Phi) is 4.05. The van der Waals surface area contributed by atoms with Crippen molar-refractivity contribution < 1.29 is 18.0 Å². The second-order valence-electron chi connectivity index (χ2n) is 4.01. The number of carbonyl (C=O) groups is 1. The third-order valence-electron chi connectivity index (χ3n) is 2.59. The summed E-state index contributed by atoms with van der Waals surface area (Å²) in [6, 6.07) is 3.29. The van der Waals surface area contributed by atoms with E-state index in [0.717, 1.165) is 6.20 Å². The summed E-state index contributed by atoms with van der Waals surface area (Å²) in [6.45, 7) is 1.59. The maximum Gasteiger partial charge on any atom is 0.434 e. The fourth-order valence-electron chi connectivity index (χ4n) is 1.53. The highest BCUT2D eigenvalue weighted by molar-refractivity contribution is 7.16. The lowest BCUT2D eigenvalue weighted by Crippen LogP contribution is -2.20. The van der Waals surface area contributed by atoms with Gasteiger partial charge in [0.25, 0.3) is 0 Å². The maximum atomic E-state index is 12.6. The van der Waals surface area contributed by atoms with Gasteiger partial charge < -0.3 is 5.32 Å². The molecule has 0 saturated heterocycles. The lowest BCUT2D eigenvalue weighted by atomic mass is 10.1. The van der Waals surface area contributed by atoms with E-state index in [1.165, 1.54) is 11.3 Å². The maximum absolute atomic E-state index is 12.6. The molecule has 4 nitrogen and oxygen atoms in total. The molecule has 1 unspecified atom stereocenters. The monoisotopic (exact) mass is 323 g/mol. The molecule has 2 rings (SSSR count). The van der Waals surface area contributed by atoms with Crippen LogP contribution in [0.5, 0.6) is 0 Å². The van der Waals surface area contributed by atoms with Crippen LogP contribution in [0, 0.1) is 0 Å². The van der Waals surface area contributed by atoms with E-state index in [1.807, 2.05) is 5.10 Å². The largest absolute Gasteiger partial charge is 0.434 e. The molecule has 0 saturated carbocycles. The molecular formula is C11H9ClF3N3OS. The smallest absolute Gasteiger partial charge is 0.322 e. The number of H-pyrrole nitrogens is 1. The Morgan fingerprint density at radius 2 is 2.20 bits per heavy atom. The molecule has 2 N–H and O–H groups in total. The third kappa shape index (κ3) is 3.13. The first-order chi connectivity index (χ1) is 9.29. The van der Waals surface area contributed by atoms with Crippen molar-refractivity contribution in [2.75, 3.05) is 5.32 Å². The summed E-state index contributed by atoms with van der Waals surface area (Å²) in [5, 5.41) is 7.34. The molecule has 1 atom stereocenters. The molecule has 2 aromatic rings. The Bertz CT molecular complexity index is 622. The van der Waals surface area contributed by atoms with Crippen LogP contribution in [0.3, 0.4) is 0 Å². The van der Waals surface area contributed by atoms with E-state index in [2.05, 4.69) is 10.4 Å². The zero-order valence-corrected chi connectivity index (χ0v) is 11.7. The summed E-state index contributed by atoms with van der Waals surface area (Å²) in [5.74, 6) is -1.17. The van der Waals surface area contributed by atoms with E-state index < -0.39 is 29.4 Å². The molecule has 0 spiro atoms. The highest BCUT2D eigenvalue weighted by atomic mass is 35.5. The normalized spacial score (nSPS) is 13.2. The summed E-state index contributed by atoms with van der Waals surface area (Å²) in [7, 11) is 0. The number of amides is 1. The van der Waals surface area contributed by atoms with Crippen molar-refractivity contribution in [1.29, 1.82) is 0 Å². The van der Waals surface area contributed by atoms with Crippen LogP contribution in [0.25, 0.3) is 0 Å². The second kappa shape index (κ2) is 5.45. The molecule has 0 aliphatic rings. The molecule has 20 heavy (non-hydrogen) atoms. The number of aromatic amines is 1. The van der Waals surface area contributed by atoms with Crippen molar-refractivity contribution in [1.82, 2.24) is 10.2 Å². The van der Waals surface area contributed by atoms with Crippen LogP contribution in [0.4, 0.5) is 18.9 Å². The number of hydrogen-bond donors (Lipinski definition) is 2. The molecule has 1 amide bonds. The van der Waals surface area contributed by atoms with Gasteiger partial charge in [-0.3, -0.25) is 9.89 Å². The van der Waals surface area contributed by atoms with E-state index in [-0.39, 0.29) is 0 Å². The van der Waals surface area contributed by atoms with Crippen molar-refractivity contribution in [2.24, 2.45) is 0 Å². The minimum atomic E-state index is -4.60. The molecule has 9 heteroatoms. The number of nitrogens with zero attached hydrogens (tertiary/aromatic N) is 1. The molecule has 0 radical (unpaired) electrons. The first kappa shape index (κ1) is 14.9. The lowest BCUT2D eigenvalue weighted by Gasteiger charge is -2.11. The zero-order valence-electron chi connectivity index (χ0n) is 10.1. The van der Waals surface area contributed by atoms with E-state index >= 15 is 0 Å². The van der Waals surface area contributed by atoms with Crippen molar-refractivity contribution >= 4 is 34.5 Å². The fraction of sp³-hybridized carbons (Fsp3) is 0.273. The number of alkyl halides is 3. The van der Waals surface area contributed by atoms with Crippen LogP contribution in [-0.2, 0) is 11.0 Å². The molecule has 0 aliphatic heterocycles. The van der Waals surface area contributed by atoms with Crippen molar-refractivity contribution in [2.45, 2.75) is 19.0 Å². The van der Waals surface area contributed by atoms with Crippen molar-refractivity contribution in [3.63, 3.8) is 0 Å². The number of anilines is 1. The van der Waals surface area contributed by atoms with Crippen LogP contribution in [0.1, 0.15) is 23.4 Å². The van der Waals surface area contributed by atoms with Gasteiger partial charge in [-0.05, 0) is 19.1 Å². The molecule has 0 aliphatic carbocycles. The van der Waals surface area contributed by atoms with Gasteiger partial charge in [-0.1, -0.05) is 11.6 Å². The van der Waals surface area contributed by atoms with Crippen molar-refractivity contribution in [3.05, 3.63) is 33.2 Å². The number of aromatic nitrogens is 2. The summed E-state index contributed by atoms with van der Waals surface area (Å²) < 4.78 is 38.4. The molecule has 2 heterocycles. The Morgan fingerprint density at radius 3 is 2.75 bits per heavy atom. The number of rotatable bonds is 3.